The Labute approximate surface area is 117 Å². The summed E-state index contributed by atoms with van der Waals surface area (Å²) in [5.74, 6) is 0.979. The van der Waals surface area contributed by atoms with Gasteiger partial charge in [-0.1, -0.05) is 22.9 Å². The lowest BCUT2D eigenvalue weighted by Gasteiger charge is -2.28. The normalized spacial score (nSPS) is 21.2. The van der Waals surface area contributed by atoms with Crippen LogP contribution in [0.3, 0.4) is 0 Å². The number of aliphatic hydroxyl groups excluding tert-OH is 1. The maximum atomic E-state index is 9.36. The second-order valence-electron chi connectivity index (χ2n) is 5.15. The molecular formula is C14H20BrNO2. The zero-order chi connectivity index (χ0) is 13.2. The van der Waals surface area contributed by atoms with Crippen molar-refractivity contribution in [2.45, 2.75) is 38.3 Å². The zero-order valence-corrected chi connectivity index (χ0v) is 12.5. The first kappa shape index (κ1) is 13.8. The van der Waals surface area contributed by atoms with Crippen LogP contribution in [0.2, 0.25) is 0 Å². The van der Waals surface area contributed by atoms with Crippen molar-refractivity contribution in [3.05, 3.63) is 28.2 Å². The Bertz CT molecular complexity index is 418. The molecule has 0 bridgehead atoms. The van der Waals surface area contributed by atoms with E-state index in [2.05, 4.69) is 34.2 Å². The molecule has 0 saturated carbocycles. The summed E-state index contributed by atoms with van der Waals surface area (Å²) in [6.45, 7) is 5.02. The molecule has 1 heterocycles. The summed E-state index contributed by atoms with van der Waals surface area (Å²) >= 11 is 3.47. The van der Waals surface area contributed by atoms with Crippen molar-refractivity contribution < 1.29 is 9.84 Å². The van der Waals surface area contributed by atoms with Gasteiger partial charge in [0.1, 0.15) is 11.9 Å². The lowest BCUT2D eigenvalue weighted by Crippen LogP contribution is -2.48. The molecule has 0 spiro atoms. The van der Waals surface area contributed by atoms with E-state index in [9.17, 15) is 5.11 Å². The predicted octanol–water partition coefficient (Wildman–Crippen LogP) is 2.50. The van der Waals surface area contributed by atoms with Crippen molar-refractivity contribution in [1.29, 1.82) is 0 Å². The Morgan fingerprint density at radius 3 is 3.00 bits per heavy atom. The SMILES string of the molecule is CCC(C)(CO)NCC1Cc2cc(Br)ccc2O1. The molecule has 1 aromatic carbocycles. The fourth-order valence-corrected chi connectivity index (χ4v) is 2.46. The minimum atomic E-state index is -0.210. The molecule has 2 N–H and O–H groups in total. The number of hydrogen-bond acceptors (Lipinski definition) is 3. The van der Waals surface area contributed by atoms with Crippen molar-refractivity contribution in [2.24, 2.45) is 0 Å². The Morgan fingerprint density at radius 1 is 1.56 bits per heavy atom. The van der Waals surface area contributed by atoms with E-state index in [0.717, 1.165) is 29.6 Å². The number of hydrogen-bond donors (Lipinski definition) is 2. The Hall–Kier alpha value is -0.580. The van der Waals surface area contributed by atoms with E-state index in [4.69, 9.17) is 4.74 Å². The van der Waals surface area contributed by atoms with E-state index in [-0.39, 0.29) is 18.2 Å². The Kier molecular flexibility index (Phi) is 4.30. The first-order valence-electron chi connectivity index (χ1n) is 6.37. The summed E-state index contributed by atoms with van der Waals surface area (Å²) in [6.07, 6.45) is 1.98. The van der Waals surface area contributed by atoms with Crippen LogP contribution in [0.5, 0.6) is 5.75 Å². The highest BCUT2D eigenvalue weighted by Crippen LogP contribution is 2.31. The van der Waals surface area contributed by atoms with Crippen molar-refractivity contribution in [3.8, 4) is 5.75 Å². The maximum Gasteiger partial charge on any atom is 0.123 e. The van der Waals surface area contributed by atoms with Crippen molar-refractivity contribution in [3.63, 3.8) is 0 Å². The van der Waals surface area contributed by atoms with Gasteiger partial charge in [-0.25, -0.2) is 0 Å². The zero-order valence-electron chi connectivity index (χ0n) is 10.9. The molecule has 2 unspecified atom stereocenters. The molecule has 1 aliphatic rings. The first-order chi connectivity index (χ1) is 8.56. The van der Waals surface area contributed by atoms with Crippen molar-refractivity contribution in [2.75, 3.05) is 13.2 Å². The summed E-state index contributed by atoms with van der Waals surface area (Å²) in [4.78, 5) is 0. The van der Waals surface area contributed by atoms with Gasteiger partial charge in [0.15, 0.2) is 0 Å². The molecular weight excluding hydrogens is 294 g/mol. The number of nitrogens with one attached hydrogen (secondary N) is 1. The number of ether oxygens (including phenoxy) is 1. The fourth-order valence-electron chi connectivity index (χ4n) is 2.06. The highest BCUT2D eigenvalue weighted by atomic mass is 79.9. The van der Waals surface area contributed by atoms with Crippen LogP contribution in [-0.4, -0.2) is 29.9 Å². The number of rotatable bonds is 5. The summed E-state index contributed by atoms with van der Waals surface area (Å²) in [5.41, 5.74) is 1.04. The van der Waals surface area contributed by atoms with Crippen LogP contribution in [0.4, 0.5) is 0 Å². The summed E-state index contributed by atoms with van der Waals surface area (Å²) in [5, 5.41) is 12.8. The van der Waals surface area contributed by atoms with Crippen LogP contribution in [0.1, 0.15) is 25.8 Å². The topological polar surface area (TPSA) is 41.5 Å². The highest BCUT2D eigenvalue weighted by Gasteiger charge is 2.26. The quantitative estimate of drug-likeness (QED) is 0.877. The van der Waals surface area contributed by atoms with Gasteiger partial charge in [0.05, 0.1) is 6.61 Å². The number of aliphatic hydroxyl groups is 1. The van der Waals surface area contributed by atoms with Gasteiger partial charge in [0, 0.05) is 23.0 Å². The summed E-state index contributed by atoms with van der Waals surface area (Å²) < 4.78 is 6.97. The van der Waals surface area contributed by atoms with Gasteiger partial charge in [-0.2, -0.15) is 0 Å². The molecule has 4 heteroatoms. The molecule has 0 fully saturated rings. The van der Waals surface area contributed by atoms with Gasteiger partial charge >= 0.3 is 0 Å². The monoisotopic (exact) mass is 313 g/mol. The average Bonchev–Trinajstić information content (AvgIpc) is 2.78. The average molecular weight is 314 g/mol. The molecule has 18 heavy (non-hydrogen) atoms. The standard InChI is InChI=1S/C14H20BrNO2/c1-3-14(2,9-17)16-8-12-7-10-6-11(15)4-5-13(10)18-12/h4-6,12,16-17H,3,7-9H2,1-2H3. The Morgan fingerprint density at radius 2 is 2.33 bits per heavy atom. The van der Waals surface area contributed by atoms with Gasteiger partial charge in [-0.15, -0.1) is 0 Å². The lowest BCUT2D eigenvalue weighted by atomic mass is 10.00. The minimum Gasteiger partial charge on any atom is -0.488 e. The second-order valence-corrected chi connectivity index (χ2v) is 6.06. The molecule has 100 valence electrons. The third-order valence-electron chi connectivity index (χ3n) is 3.65. The molecule has 2 atom stereocenters. The smallest absolute Gasteiger partial charge is 0.123 e. The molecule has 0 amide bonds. The Balaban J connectivity index is 1.92. The van der Waals surface area contributed by atoms with Gasteiger partial charge in [0.25, 0.3) is 0 Å². The molecule has 0 saturated heterocycles. The number of benzene rings is 1. The van der Waals surface area contributed by atoms with Crippen LogP contribution in [0, 0.1) is 0 Å². The molecule has 0 radical (unpaired) electrons. The van der Waals surface area contributed by atoms with Crippen molar-refractivity contribution >= 4 is 15.9 Å². The van der Waals surface area contributed by atoms with E-state index in [0.29, 0.717) is 0 Å². The van der Waals surface area contributed by atoms with E-state index >= 15 is 0 Å². The van der Waals surface area contributed by atoms with Crippen LogP contribution in [0.25, 0.3) is 0 Å². The fraction of sp³-hybridized carbons (Fsp3) is 0.571. The van der Waals surface area contributed by atoms with Crippen molar-refractivity contribution in [1.82, 2.24) is 5.32 Å². The third-order valence-corrected chi connectivity index (χ3v) is 4.14. The van der Waals surface area contributed by atoms with Crippen LogP contribution >= 0.6 is 15.9 Å². The van der Waals surface area contributed by atoms with Gasteiger partial charge in [-0.05, 0) is 37.1 Å². The third kappa shape index (κ3) is 3.05. The lowest BCUT2D eigenvalue weighted by molar-refractivity contribution is 0.146. The van der Waals surface area contributed by atoms with E-state index in [1.54, 1.807) is 0 Å². The molecule has 3 nitrogen and oxygen atoms in total. The summed E-state index contributed by atoms with van der Waals surface area (Å²) in [7, 11) is 0. The van der Waals surface area contributed by atoms with Crippen LogP contribution in [0.15, 0.2) is 22.7 Å². The predicted molar refractivity (Wildman–Crippen MR) is 76.0 cm³/mol. The first-order valence-corrected chi connectivity index (χ1v) is 7.16. The number of halogens is 1. The van der Waals surface area contributed by atoms with Gasteiger partial charge < -0.3 is 15.2 Å². The van der Waals surface area contributed by atoms with E-state index in [1.807, 2.05) is 19.1 Å². The van der Waals surface area contributed by atoms with E-state index in [1.165, 1.54) is 5.56 Å². The molecule has 2 rings (SSSR count). The second kappa shape index (κ2) is 5.59. The highest BCUT2D eigenvalue weighted by molar-refractivity contribution is 9.10. The molecule has 0 aliphatic carbocycles. The minimum absolute atomic E-state index is 0.148. The maximum absolute atomic E-state index is 9.36. The number of fused-ring (bicyclic) bond motifs is 1. The van der Waals surface area contributed by atoms with Crippen LogP contribution < -0.4 is 10.1 Å². The molecule has 1 aromatic rings. The largest absolute Gasteiger partial charge is 0.488 e. The van der Waals surface area contributed by atoms with Crippen LogP contribution in [-0.2, 0) is 6.42 Å². The van der Waals surface area contributed by atoms with E-state index < -0.39 is 0 Å². The molecule has 1 aliphatic heterocycles. The van der Waals surface area contributed by atoms with Gasteiger partial charge in [0.2, 0.25) is 0 Å². The molecule has 0 aromatic heterocycles. The summed E-state index contributed by atoms with van der Waals surface area (Å²) in [6, 6.07) is 6.11. The van der Waals surface area contributed by atoms with Gasteiger partial charge in [-0.3, -0.25) is 0 Å².